The number of nitrogens with zero attached hydrogens (tertiary/aromatic N) is 3. The molecule has 0 aromatic heterocycles. The second-order valence-corrected chi connectivity index (χ2v) is 8.81. The molecule has 3 aliphatic rings. The first-order chi connectivity index (χ1) is 13.9. The topological polar surface area (TPSA) is 65.4 Å². The van der Waals surface area contributed by atoms with Gasteiger partial charge in [0, 0.05) is 49.3 Å². The van der Waals surface area contributed by atoms with Crippen LogP contribution >= 0.6 is 15.9 Å². The van der Waals surface area contributed by atoms with E-state index in [1.807, 2.05) is 29.2 Å². The molecule has 0 unspecified atom stereocenters. The Morgan fingerprint density at radius 2 is 1.93 bits per heavy atom. The van der Waals surface area contributed by atoms with E-state index in [0.29, 0.717) is 25.9 Å². The largest absolute Gasteiger partial charge is 0.508 e. The first kappa shape index (κ1) is 18.5. The van der Waals surface area contributed by atoms with Gasteiger partial charge in [0.2, 0.25) is 11.6 Å². The lowest BCUT2D eigenvalue weighted by molar-refractivity contribution is -0.158. The number of hydrogen-bond acceptors (Lipinski definition) is 5. The maximum absolute atomic E-state index is 11.8. The fourth-order valence-corrected chi connectivity index (χ4v) is 4.96. The number of carbonyl (C=O) groups excluding carboxylic acids is 1. The summed E-state index contributed by atoms with van der Waals surface area (Å²) in [6, 6.07) is 13.4. The summed E-state index contributed by atoms with van der Waals surface area (Å²) in [4.78, 5) is 13.7. The van der Waals surface area contributed by atoms with E-state index in [9.17, 15) is 9.90 Å². The fourth-order valence-electron chi connectivity index (χ4n) is 4.58. The summed E-state index contributed by atoms with van der Waals surface area (Å²) in [7, 11) is 0. The third-order valence-electron chi connectivity index (χ3n) is 6.15. The average molecular weight is 456 g/mol. The van der Waals surface area contributed by atoms with E-state index < -0.39 is 5.72 Å². The molecule has 0 radical (unpaired) electrons. The molecule has 29 heavy (non-hydrogen) atoms. The molecule has 0 bridgehead atoms. The van der Waals surface area contributed by atoms with Gasteiger partial charge in [-0.05, 0) is 48.0 Å². The summed E-state index contributed by atoms with van der Waals surface area (Å²) < 4.78 is 7.59. The van der Waals surface area contributed by atoms with E-state index in [-0.39, 0.29) is 17.7 Å². The molecular weight excluding hydrogens is 434 g/mol. The molecule has 5 rings (SSSR count). The van der Waals surface area contributed by atoms with Crippen molar-refractivity contribution in [3.8, 4) is 11.5 Å². The molecule has 150 valence electrons. The van der Waals surface area contributed by atoms with Gasteiger partial charge in [0.1, 0.15) is 11.5 Å². The molecule has 1 spiro atoms. The van der Waals surface area contributed by atoms with E-state index in [1.54, 1.807) is 19.1 Å². The Kier molecular flexibility index (Phi) is 4.31. The number of ether oxygens (including phenoxy) is 1. The number of benzene rings is 2. The zero-order valence-electron chi connectivity index (χ0n) is 16.1. The number of piperidine rings is 1. The van der Waals surface area contributed by atoms with Crippen LogP contribution < -0.4 is 4.74 Å². The molecular formula is C22H22BrN3O3. The van der Waals surface area contributed by atoms with Gasteiger partial charge in [-0.15, -0.1) is 0 Å². The molecule has 1 fully saturated rings. The molecule has 1 saturated heterocycles. The van der Waals surface area contributed by atoms with Crippen LogP contribution in [0.25, 0.3) is 0 Å². The van der Waals surface area contributed by atoms with Crippen molar-refractivity contribution in [3.63, 3.8) is 0 Å². The van der Waals surface area contributed by atoms with Gasteiger partial charge in [0.25, 0.3) is 0 Å². The number of aromatic hydroxyl groups is 1. The number of fused-ring (bicyclic) bond motifs is 4. The summed E-state index contributed by atoms with van der Waals surface area (Å²) in [6.45, 7) is 2.94. The molecule has 6 nitrogen and oxygen atoms in total. The van der Waals surface area contributed by atoms with E-state index in [1.165, 1.54) is 0 Å². The van der Waals surface area contributed by atoms with Gasteiger partial charge in [0.05, 0.1) is 11.8 Å². The minimum atomic E-state index is -0.546. The van der Waals surface area contributed by atoms with Crippen molar-refractivity contribution in [3.05, 3.63) is 58.1 Å². The quantitative estimate of drug-likeness (QED) is 0.704. The van der Waals surface area contributed by atoms with Gasteiger partial charge < -0.3 is 14.7 Å². The van der Waals surface area contributed by atoms with Crippen LogP contribution in [0.1, 0.15) is 43.4 Å². The van der Waals surface area contributed by atoms with Gasteiger partial charge in [-0.3, -0.25) is 4.79 Å². The van der Waals surface area contributed by atoms with E-state index in [4.69, 9.17) is 9.84 Å². The standard InChI is InChI=1S/C22H22BrN3O3/c1-14(27)25-10-8-22(9-11-25)26-20(18-12-16(23)4-7-21(18)29-22)13-19(24-26)15-2-5-17(28)6-3-15/h2-7,12,20,28H,8-11,13H2,1H3/t20-/m0/s1. The Hall–Kier alpha value is -2.54. The lowest BCUT2D eigenvalue weighted by atomic mass is 9.90. The zero-order valence-corrected chi connectivity index (χ0v) is 17.7. The minimum absolute atomic E-state index is 0.0870. The van der Waals surface area contributed by atoms with Crippen LogP contribution in [0.4, 0.5) is 0 Å². The maximum atomic E-state index is 11.8. The molecule has 1 atom stereocenters. The van der Waals surface area contributed by atoms with Gasteiger partial charge >= 0.3 is 0 Å². The maximum Gasteiger partial charge on any atom is 0.219 e. The number of hydrazone groups is 1. The molecule has 0 saturated carbocycles. The number of phenols is 1. The van der Waals surface area contributed by atoms with Crippen LogP contribution in [0.5, 0.6) is 11.5 Å². The van der Waals surface area contributed by atoms with Crippen molar-refractivity contribution in [2.24, 2.45) is 5.10 Å². The highest BCUT2D eigenvalue weighted by molar-refractivity contribution is 9.10. The molecule has 2 aromatic rings. The first-order valence-corrected chi connectivity index (χ1v) is 10.6. The molecule has 3 aliphatic heterocycles. The third-order valence-corrected chi connectivity index (χ3v) is 6.64. The molecule has 3 heterocycles. The molecule has 2 aromatic carbocycles. The molecule has 1 amide bonds. The summed E-state index contributed by atoms with van der Waals surface area (Å²) in [5, 5.41) is 16.8. The summed E-state index contributed by atoms with van der Waals surface area (Å²) in [5.74, 6) is 1.25. The smallest absolute Gasteiger partial charge is 0.219 e. The Morgan fingerprint density at radius 1 is 1.21 bits per heavy atom. The van der Waals surface area contributed by atoms with Crippen LogP contribution in [-0.2, 0) is 4.79 Å². The minimum Gasteiger partial charge on any atom is -0.508 e. The SMILES string of the molecule is CC(=O)N1CCC2(CC1)Oc1ccc(Br)cc1[C@@H]1CC(c3ccc(O)cc3)=NN12. The van der Waals surface area contributed by atoms with E-state index >= 15 is 0 Å². The van der Waals surface area contributed by atoms with Gasteiger partial charge in [-0.25, -0.2) is 5.01 Å². The molecule has 0 aliphatic carbocycles. The summed E-state index contributed by atoms with van der Waals surface area (Å²) >= 11 is 3.58. The Bertz CT molecular complexity index is 997. The lowest BCUT2D eigenvalue weighted by Gasteiger charge is -2.51. The van der Waals surface area contributed by atoms with Gasteiger partial charge in [-0.2, -0.15) is 5.10 Å². The third kappa shape index (κ3) is 3.08. The lowest BCUT2D eigenvalue weighted by Crippen LogP contribution is -2.59. The van der Waals surface area contributed by atoms with Crippen LogP contribution in [0.15, 0.2) is 52.0 Å². The van der Waals surface area contributed by atoms with E-state index in [0.717, 1.165) is 33.5 Å². The van der Waals surface area contributed by atoms with Crippen LogP contribution in [-0.4, -0.2) is 45.4 Å². The number of hydrogen-bond donors (Lipinski definition) is 1. The number of amides is 1. The summed E-state index contributed by atoms with van der Waals surface area (Å²) in [5.41, 5.74) is 2.57. The fraction of sp³-hybridized carbons (Fsp3) is 0.364. The van der Waals surface area contributed by atoms with Crippen LogP contribution in [0.3, 0.4) is 0 Å². The zero-order chi connectivity index (χ0) is 20.2. The van der Waals surface area contributed by atoms with Crippen LogP contribution in [0.2, 0.25) is 0 Å². The predicted molar refractivity (Wildman–Crippen MR) is 113 cm³/mol. The number of phenolic OH excluding ortho intramolecular Hbond substituents is 1. The number of halogens is 1. The van der Waals surface area contributed by atoms with Crippen LogP contribution in [0, 0.1) is 0 Å². The van der Waals surface area contributed by atoms with E-state index in [2.05, 4.69) is 27.0 Å². The molecule has 1 N–H and O–H groups in total. The van der Waals surface area contributed by atoms with Crippen molar-refractivity contribution in [2.75, 3.05) is 13.1 Å². The predicted octanol–water partition coefficient (Wildman–Crippen LogP) is 4.04. The average Bonchev–Trinajstić information content (AvgIpc) is 3.16. The van der Waals surface area contributed by atoms with Gasteiger partial charge in [0.15, 0.2) is 0 Å². The Labute approximate surface area is 177 Å². The second kappa shape index (κ2) is 6.76. The highest BCUT2D eigenvalue weighted by Gasteiger charge is 2.52. The first-order valence-electron chi connectivity index (χ1n) is 9.85. The number of likely N-dealkylation sites (tertiary alicyclic amines) is 1. The normalized spacial score (nSPS) is 22.0. The number of carbonyl (C=O) groups is 1. The van der Waals surface area contributed by atoms with Crippen molar-refractivity contribution in [2.45, 2.75) is 38.0 Å². The Morgan fingerprint density at radius 3 is 2.62 bits per heavy atom. The highest BCUT2D eigenvalue weighted by atomic mass is 79.9. The Balaban J connectivity index is 1.55. The molecule has 7 heteroatoms. The summed E-state index contributed by atoms with van der Waals surface area (Å²) in [6.07, 6.45) is 2.20. The van der Waals surface area contributed by atoms with Crippen molar-refractivity contribution >= 4 is 27.5 Å². The van der Waals surface area contributed by atoms with Gasteiger partial charge in [-0.1, -0.05) is 15.9 Å². The second-order valence-electron chi connectivity index (χ2n) is 7.89. The highest BCUT2D eigenvalue weighted by Crippen LogP contribution is 2.50. The van der Waals surface area contributed by atoms with Crippen molar-refractivity contribution in [1.29, 1.82) is 0 Å². The monoisotopic (exact) mass is 455 g/mol. The van der Waals surface area contributed by atoms with Crippen molar-refractivity contribution in [1.82, 2.24) is 9.91 Å². The van der Waals surface area contributed by atoms with Crippen molar-refractivity contribution < 1.29 is 14.6 Å². The number of rotatable bonds is 1.